The van der Waals surface area contributed by atoms with Crippen LogP contribution in [0.1, 0.15) is 35.7 Å². The van der Waals surface area contributed by atoms with Crippen LogP contribution in [0.2, 0.25) is 0 Å². The number of rotatable bonds is 7. The molecule has 0 bridgehead atoms. The first-order chi connectivity index (χ1) is 19.5. The third-order valence-corrected chi connectivity index (χ3v) is 7.49. The molecule has 5 rings (SSSR count). The zero-order valence-electron chi connectivity index (χ0n) is 23.7. The molecule has 0 radical (unpaired) electrons. The molecular formula is C29H36FN7O4. The summed E-state index contributed by atoms with van der Waals surface area (Å²) in [6, 6.07) is 6.03. The number of piperidine rings is 1. The third-order valence-electron chi connectivity index (χ3n) is 7.49. The van der Waals surface area contributed by atoms with Gasteiger partial charge in [-0.2, -0.15) is 0 Å². The average Bonchev–Trinajstić information content (AvgIpc) is 2.90. The second-order valence-electron chi connectivity index (χ2n) is 11.1. The fourth-order valence-corrected chi connectivity index (χ4v) is 5.38. The van der Waals surface area contributed by atoms with Gasteiger partial charge in [-0.3, -0.25) is 9.59 Å². The lowest BCUT2D eigenvalue weighted by atomic mass is 9.90. The number of likely N-dealkylation sites (N-methyl/N-ethyl adjacent to an activating group) is 1. The van der Waals surface area contributed by atoms with Crippen LogP contribution in [0, 0.1) is 12.7 Å². The monoisotopic (exact) mass is 565 g/mol. The van der Waals surface area contributed by atoms with Crippen molar-refractivity contribution in [2.24, 2.45) is 0 Å². The molecule has 0 aliphatic carbocycles. The van der Waals surface area contributed by atoms with Gasteiger partial charge in [0.1, 0.15) is 23.2 Å². The molecule has 2 aliphatic rings. The number of halogens is 1. The second kappa shape index (κ2) is 11.4. The zero-order chi connectivity index (χ0) is 29.3. The molecule has 41 heavy (non-hydrogen) atoms. The Kier molecular flexibility index (Phi) is 7.87. The van der Waals surface area contributed by atoms with Crippen LogP contribution in [0.25, 0.3) is 0 Å². The number of H-pyrrole nitrogens is 1. The normalized spacial score (nSPS) is 17.8. The van der Waals surface area contributed by atoms with Gasteiger partial charge in [-0.25, -0.2) is 9.37 Å². The summed E-state index contributed by atoms with van der Waals surface area (Å²) < 4.78 is 21.0. The molecule has 218 valence electrons. The average molecular weight is 566 g/mol. The number of nitrogens with zero attached hydrogens (tertiary/aromatic N) is 3. The number of aromatic nitrogens is 2. The number of fused-ring (bicyclic) bond motifs is 1. The number of benzene rings is 1. The topological polar surface area (TPSA) is 135 Å². The van der Waals surface area contributed by atoms with E-state index >= 15 is 4.39 Å². The molecule has 1 fully saturated rings. The van der Waals surface area contributed by atoms with E-state index in [1.165, 1.54) is 12.3 Å². The summed E-state index contributed by atoms with van der Waals surface area (Å²) in [6.45, 7) is 6.04. The van der Waals surface area contributed by atoms with Crippen LogP contribution in [0.5, 0.6) is 5.88 Å². The van der Waals surface area contributed by atoms with E-state index in [9.17, 15) is 14.7 Å². The third kappa shape index (κ3) is 6.13. The first-order valence-electron chi connectivity index (χ1n) is 13.6. The lowest BCUT2D eigenvalue weighted by Crippen LogP contribution is -2.49. The Bertz CT molecular complexity index is 1500. The first kappa shape index (κ1) is 28.4. The molecule has 11 nitrogen and oxygen atoms in total. The van der Waals surface area contributed by atoms with E-state index in [1.807, 2.05) is 37.7 Å². The van der Waals surface area contributed by atoms with Crippen LogP contribution in [0.4, 0.5) is 32.8 Å². The van der Waals surface area contributed by atoms with E-state index in [0.717, 1.165) is 11.3 Å². The highest BCUT2D eigenvalue weighted by molar-refractivity contribution is 6.08. The Morgan fingerprint density at radius 3 is 2.73 bits per heavy atom. The fourth-order valence-electron chi connectivity index (χ4n) is 5.38. The van der Waals surface area contributed by atoms with Crippen molar-refractivity contribution < 1.29 is 19.0 Å². The summed E-state index contributed by atoms with van der Waals surface area (Å²) in [5, 5.41) is 19.9. The molecule has 2 aromatic heterocycles. The van der Waals surface area contributed by atoms with Crippen molar-refractivity contribution in [3.8, 4) is 5.88 Å². The fraction of sp³-hybridized carbons (Fsp3) is 0.414. The molecule has 4 heterocycles. The van der Waals surface area contributed by atoms with E-state index in [2.05, 4.69) is 25.9 Å². The molecule has 1 unspecified atom stereocenters. The largest absolute Gasteiger partial charge is 0.471 e. The number of amides is 1. The van der Waals surface area contributed by atoms with Gasteiger partial charge in [-0.1, -0.05) is 0 Å². The molecular weight excluding hydrogens is 529 g/mol. The van der Waals surface area contributed by atoms with Gasteiger partial charge in [0, 0.05) is 37.1 Å². The number of nitrogens with one attached hydrogen (secondary N) is 4. The van der Waals surface area contributed by atoms with Crippen LogP contribution >= 0.6 is 0 Å². The number of aromatic amines is 1. The minimum absolute atomic E-state index is 0.0111. The van der Waals surface area contributed by atoms with Crippen molar-refractivity contribution >= 4 is 34.3 Å². The van der Waals surface area contributed by atoms with Gasteiger partial charge in [0.2, 0.25) is 5.88 Å². The molecule has 12 heteroatoms. The van der Waals surface area contributed by atoms with E-state index in [0.29, 0.717) is 56.3 Å². The number of carbonyl (C=O) groups is 1. The number of carbonyl (C=O) groups excluding carboxylic acids is 1. The Morgan fingerprint density at radius 2 is 2.02 bits per heavy atom. The lowest BCUT2D eigenvalue weighted by molar-refractivity contribution is -0.00547. The molecule has 2 aliphatic heterocycles. The van der Waals surface area contributed by atoms with Crippen LogP contribution < -0.4 is 31.1 Å². The standard InChI is InChI=1S/C29H36FN7O4/c1-17-14-32-25-18(2)22(15-33-28(25)41-17)35-21-7-10-31-26(38)24(21)27(39)34-19-5-6-23(20(30)13-19)37-11-8-29(40,9-12-37)16-36(3)4/h5-7,10,13,15,17,32,40H,8-9,11-12,14,16H2,1-4H3,(H,34,39)(H2,31,35,38). The summed E-state index contributed by atoms with van der Waals surface area (Å²) in [5.74, 6) is -0.692. The predicted octanol–water partition coefficient (Wildman–Crippen LogP) is 3.30. The van der Waals surface area contributed by atoms with Crippen molar-refractivity contribution in [3.05, 3.63) is 64.0 Å². The van der Waals surface area contributed by atoms with E-state index in [4.69, 9.17) is 4.74 Å². The van der Waals surface area contributed by atoms with Crippen molar-refractivity contribution in [2.75, 3.05) is 61.1 Å². The van der Waals surface area contributed by atoms with Gasteiger partial charge in [0.25, 0.3) is 11.5 Å². The Labute approximate surface area is 237 Å². The SMILES string of the molecule is Cc1c(Nc2cc[nH]c(=O)c2C(=O)Nc2ccc(N3CCC(O)(CN(C)C)CC3)c(F)c2)cnc2c1NCC(C)O2. The molecule has 1 atom stereocenters. The summed E-state index contributed by atoms with van der Waals surface area (Å²) >= 11 is 0. The maximum absolute atomic E-state index is 15.2. The van der Waals surface area contributed by atoms with Gasteiger partial charge in [0.15, 0.2) is 0 Å². The van der Waals surface area contributed by atoms with Gasteiger partial charge in [-0.05, 0) is 65.0 Å². The molecule has 3 aromatic rings. The smallest absolute Gasteiger partial charge is 0.263 e. The summed E-state index contributed by atoms with van der Waals surface area (Å²) in [4.78, 5) is 36.8. The van der Waals surface area contributed by atoms with E-state index in [1.54, 1.807) is 24.4 Å². The number of aliphatic hydroxyl groups is 1. The Hall–Kier alpha value is -4.16. The van der Waals surface area contributed by atoms with Crippen molar-refractivity contribution in [1.82, 2.24) is 14.9 Å². The van der Waals surface area contributed by atoms with Crippen LogP contribution in [0.15, 0.2) is 41.5 Å². The van der Waals surface area contributed by atoms with E-state index < -0.39 is 22.9 Å². The second-order valence-corrected chi connectivity index (χ2v) is 11.1. The highest BCUT2D eigenvalue weighted by Gasteiger charge is 2.33. The predicted molar refractivity (Wildman–Crippen MR) is 157 cm³/mol. The zero-order valence-corrected chi connectivity index (χ0v) is 23.7. The number of anilines is 5. The quantitative estimate of drug-likeness (QED) is 0.293. The Morgan fingerprint density at radius 1 is 1.27 bits per heavy atom. The summed E-state index contributed by atoms with van der Waals surface area (Å²) in [6.07, 6.45) is 4.07. The minimum Gasteiger partial charge on any atom is -0.471 e. The van der Waals surface area contributed by atoms with Crippen molar-refractivity contribution in [1.29, 1.82) is 0 Å². The molecule has 1 aromatic carbocycles. The van der Waals surface area contributed by atoms with Crippen molar-refractivity contribution in [3.63, 3.8) is 0 Å². The number of ether oxygens (including phenoxy) is 1. The minimum atomic E-state index is -0.796. The van der Waals surface area contributed by atoms with Crippen LogP contribution in [-0.2, 0) is 0 Å². The summed E-state index contributed by atoms with van der Waals surface area (Å²) in [5.41, 5.74) is 1.52. The van der Waals surface area contributed by atoms with Gasteiger partial charge >= 0.3 is 0 Å². The number of pyridine rings is 2. The lowest BCUT2D eigenvalue weighted by Gasteiger charge is -2.40. The molecule has 0 spiro atoms. The maximum atomic E-state index is 15.2. The highest BCUT2D eigenvalue weighted by atomic mass is 19.1. The van der Waals surface area contributed by atoms with Crippen molar-refractivity contribution in [2.45, 2.75) is 38.4 Å². The van der Waals surface area contributed by atoms with Gasteiger partial charge < -0.3 is 40.6 Å². The number of hydrogen-bond acceptors (Lipinski definition) is 9. The van der Waals surface area contributed by atoms with Gasteiger partial charge in [0.05, 0.1) is 35.4 Å². The molecule has 1 saturated heterocycles. The molecule has 1 amide bonds. The molecule has 0 saturated carbocycles. The highest BCUT2D eigenvalue weighted by Crippen LogP contribution is 2.35. The number of hydrogen-bond donors (Lipinski definition) is 5. The maximum Gasteiger partial charge on any atom is 0.263 e. The summed E-state index contributed by atoms with van der Waals surface area (Å²) in [7, 11) is 3.83. The van der Waals surface area contributed by atoms with Crippen LogP contribution in [-0.4, -0.2) is 77.9 Å². The molecule has 5 N–H and O–H groups in total. The van der Waals surface area contributed by atoms with E-state index in [-0.39, 0.29) is 23.0 Å². The van der Waals surface area contributed by atoms with Crippen LogP contribution in [0.3, 0.4) is 0 Å². The Balaban J connectivity index is 1.31. The first-order valence-corrected chi connectivity index (χ1v) is 13.6. The van der Waals surface area contributed by atoms with Gasteiger partial charge in [-0.15, -0.1) is 0 Å².